The van der Waals surface area contributed by atoms with Crippen molar-refractivity contribution >= 4 is 29.0 Å². The molecule has 140 valence electrons. The number of aryl methyl sites for hydroxylation is 1. The van der Waals surface area contributed by atoms with Gasteiger partial charge in [-0.2, -0.15) is 0 Å². The van der Waals surface area contributed by atoms with Crippen molar-refractivity contribution < 1.29 is 4.79 Å². The summed E-state index contributed by atoms with van der Waals surface area (Å²) in [6, 6.07) is 12.5. The quantitative estimate of drug-likeness (QED) is 0.643. The molecule has 0 aliphatic heterocycles. The summed E-state index contributed by atoms with van der Waals surface area (Å²) in [6.07, 6.45) is 3.17. The van der Waals surface area contributed by atoms with E-state index in [4.69, 9.17) is 0 Å². The van der Waals surface area contributed by atoms with Gasteiger partial charge in [0.2, 0.25) is 11.1 Å². The fraction of sp³-hybridized carbons (Fsp3) is 0.368. The number of carbonyl (C=O) groups is 1. The number of hydrogen-bond donors (Lipinski definition) is 1. The summed E-state index contributed by atoms with van der Waals surface area (Å²) < 4.78 is 1.75. The van der Waals surface area contributed by atoms with Crippen LogP contribution in [0.4, 0.5) is 0 Å². The van der Waals surface area contributed by atoms with Crippen LogP contribution in [0.1, 0.15) is 41.8 Å². The molecule has 1 amide bonds. The van der Waals surface area contributed by atoms with Gasteiger partial charge in [0, 0.05) is 4.88 Å². The highest BCUT2D eigenvalue weighted by Crippen LogP contribution is 2.30. The Morgan fingerprint density at radius 2 is 2.26 bits per heavy atom. The Bertz CT molecular complexity index is 908. The molecule has 2 heterocycles. The highest BCUT2D eigenvalue weighted by molar-refractivity contribution is 8.00. The number of tetrazole rings is 1. The zero-order chi connectivity index (χ0) is 18.6. The van der Waals surface area contributed by atoms with E-state index in [0.29, 0.717) is 11.7 Å². The fourth-order valence-electron chi connectivity index (χ4n) is 3.33. The van der Waals surface area contributed by atoms with E-state index in [-0.39, 0.29) is 17.2 Å². The van der Waals surface area contributed by atoms with E-state index < -0.39 is 0 Å². The third-order valence-electron chi connectivity index (χ3n) is 4.72. The Labute approximate surface area is 166 Å². The van der Waals surface area contributed by atoms with Gasteiger partial charge in [-0.3, -0.25) is 4.79 Å². The van der Waals surface area contributed by atoms with Crippen molar-refractivity contribution in [2.24, 2.45) is 0 Å². The zero-order valence-electron chi connectivity index (χ0n) is 15.0. The molecule has 6 nitrogen and oxygen atoms in total. The molecule has 0 spiro atoms. The average molecular weight is 400 g/mol. The zero-order valence-corrected chi connectivity index (χ0v) is 16.7. The molecule has 0 saturated carbocycles. The molecule has 0 bridgehead atoms. The van der Waals surface area contributed by atoms with Crippen LogP contribution in [0.15, 0.2) is 46.9 Å². The molecule has 1 aromatic carbocycles. The van der Waals surface area contributed by atoms with Gasteiger partial charge in [0.15, 0.2) is 0 Å². The van der Waals surface area contributed by atoms with Crippen LogP contribution < -0.4 is 5.32 Å². The van der Waals surface area contributed by atoms with Gasteiger partial charge in [-0.1, -0.05) is 42.1 Å². The second-order valence-corrected chi connectivity index (χ2v) is 8.95. The van der Waals surface area contributed by atoms with Crippen LogP contribution in [0.5, 0.6) is 0 Å². The number of nitrogens with zero attached hydrogens (tertiary/aromatic N) is 4. The Morgan fingerprint density at radius 1 is 1.37 bits per heavy atom. The molecule has 0 fully saturated rings. The van der Waals surface area contributed by atoms with E-state index in [1.54, 1.807) is 16.0 Å². The lowest BCUT2D eigenvalue weighted by molar-refractivity contribution is -0.121. The number of rotatable bonds is 6. The molecule has 1 aliphatic carbocycles. The Morgan fingerprint density at radius 3 is 3.11 bits per heavy atom. The van der Waals surface area contributed by atoms with Gasteiger partial charge in [0.05, 0.1) is 17.8 Å². The summed E-state index contributed by atoms with van der Waals surface area (Å²) in [5.74, 6) is 0.0207. The van der Waals surface area contributed by atoms with Crippen LogP contribution in [0.2, 0.25) is 0 Å². The molecule has 8 heteroatoms. The fourth-order valence-corrected chi connectivity index (χ4v) is 4.82. The van der Waals surface area contributed by atoms with Gasteiger partial charge < -0.3 is 5.32 Å². The van der Waals surface area contributed by atoms with Gasteiger partial charge >= 0.3 is 0 Å². The van der Waals surface area contributed by atoms with Crippen molar-refractivity contribution in [1.82, 2.24) is 25.5 Å². The van der Waals surface area contributed by atoms with Gasteiger partial charge in [0.25, 0.3) is 0 Å². The van der Waals surface area contributed by atoms with Crippen molar-refractivity contribution in [2.75, 3.05) is 0 Å². The smallest absolute Gasteiger partial charge is 0.233 e. The standard InChI is InChI=1S/C19H21N5OS2/c1-13(27-19-21-22-23-24(19)12-15-8-5-11-26-15)18(25)20-17-10-4-7-14-6-2-3-9-16(14)17/h2-3,5-6,8-9,11,13,17H,4,7,10,12H2,1H3,(H,20,25)/t13-,17+/m0/s1. The third-order valence-corrected chi connectivity index (χ3v) is 6.65. The van der Waals surface area contributed by atoms with E-state index in [2.05, 4.69) is 45.1 Å². The Hall–Kier alpha value is -2.19. The molecular weight excluding hydrogens is 378 g/mol. The molecule has 0 unspecified atom stereocenters. The Balaban J connectivity index is 1.40. The minimum Gasteiger partial charge on any atom is -0.348 e. The van der Waals surface area contributed by atoms with Crippen molar-refractivity contribution in [1.29, 1.82) is 0 Å². The first-order chi connectivity index (χ1) is 13.2. The number of fused-ring (bicyclic) bond motifs is 1. The van der Waals surface area contributed by atoms with Crippen LogP contribution in [-0.4, -0.2) is 31.4 Å². The number of amides is 1. The minimum absolute atomic E-state index is 0.0207. The number of hydrogen-bond acceptors (Lipinski definition) is 6. The lowest BCUT2D eigenvalue weighted by Crippen LogP contribution is -2.36. The minimum atomic E-state index is -0.271. The first-order valence-corrected chi connectivity index (χ1v) is 10.8. The van der Waals surface area contributed by atoms with Crippen molar-refractivity contribution in [2.45, 2.75) is 49.2 Å². The highest BCUT2D eigenvalue weighted by Gasteiger charge is 2.25. The molecular formula is C19H21N5OS2. The first-order valence-electron chi connectivity index (χ1n) is 9.04. The van der Waals surface area contributed by atoms with E-state index >= 15 is 0 Å². The van der Waals surface area contributed by atoms with E-state index in [0.717, 1.165) is 19.3 Å². The van der Waals surface area contributed by atoms with E-state index in [1.807, 2.05) is 24.4 Å². The monoisotopic (exact) mass is 399 g/mol. The first kappa shape index (κ1) is 18.2. The van der Waals surface area contributed by atoms with Crippen LogP contribution in [0, 0.1) is 0 Å². The largest absolute Gasteiger partial charge is 0.348 e. The summed E-state index contributed by atoms with van der Waals surface area (Å²) in [5, 5.41) is 17.6. The molecule has 2 aromatic heterocycles. The van der Waals surface area contributed by atoms with Crippen molar-refractivity contribution in [3.05, 3.63) is 57.8 Å². The second kappa shape index (κ2) is 8.22. The van der Waals surface area contributed by atoms with Gasteiger partial charge in [-0.25, -0.2) is 4.68 Å². The molecule has 2 atom stereocenters. The Kier molecular flexibility index (Phi) is 5.54. The highest BCUT2D eigenvalue weighted by atomic mass is 32.2. The predicted octanol–water partition coefficient (Wildman–Crippen LogP) is 3.46. The summed E-state index contributed by atoms with van der Waals surface area (Å²) >= 11 is 3.06. The van der Waals surface area contributed by atoms with Crippen LogP contribution >= 0.6 is 23.1 Å². The van der Waals surface area contributed by atoms with Crippen LogP contribution in [-0.2, 0) is 17.8 Å². The maximum atomic E-state index is 12.8. The van der Waals surface area contributed by atoms with Crippen LogP contribution in [0.3, 0.4) is 0 Å². The number of nitrogens with one attached hydrogen (secondary N) is 1. The summed E-state index contributed by atoms with van der Waals surface area (Å²) in [5.41, 5.74) is 2.59. The van der Waals surface area contributed by atoms with E-state index in [1.165, 1.54) is 27.8 Å². The summed E-state index contributed by atoms with van der Waals surface area (Å²) in [6.45, 7) is 2.52. The van der Waals surface area contributed by atoms with Gasteiger partial charge in [-0.05, 0) is 59.2 Å². The van der Waals surface area contributed by atoms with Gasteiger partial charge in [0.1, 0.15) is 0 Å². The molecule has 0 radical (unpaired) electrons. The third kappa shape index (κ3) is 4.22. The maximum absolute atomic E-state index is 12.8. The maximum Gasteiger partial charge on any atom is 0.233 e. The lowest BCUT2D eigenvalue weighted by atomic mass is 9.88. The number of carbonyl (C=O) groups excluding carboxylic acids is 1. The average Bonchev–Trinajstić information content (AvgIpc) is 3.35. The van der Waals surface area contributed by atoms with E-state index in [9.17, 15) is 4.79 Å². The molecule has 0 saturated heterocycles. The molecule has 27 heavy (non-hydrogen) atoms. The van der Waals surface area contributed by atoms with Crippen LogP contribution in [0.25, 0.3) is 0 Å². The SMILES string of the molecule is C[C@H](Sc1nnnn1Cc1cccs1)C(=O)N[C@@H]1CCCc2ccccc21. The number of thiophene rings is 1. The number of aromatic nitrogens is 4. The number of benzene rings is 1. The topological polar surface area (TPSA) is 72.7 Å². The predicted molar refractivity (Wildman–Crippen MR) is 107 cm³/mol. The normalized spacial score (nSPS) is 17.3. The van der Waals surface area contributed by atoms with Crippen molar-refractivity contribution in [3.8, 4) is 0 Å². The molecule has 4 rings (SSSR count). The molecule has 1 N–H and O–H groups in total. The summed E-state index contributed by atoms with van der Waals surface area (Å²) in [7, 11) is 0. The van der Waals surface area contributed by atoms with Crippen molar-refractivity contribution in [3.63, 3.8) is 0 Å². The lowest BCUT2D eigenvalue weighted by Gasteiger charge is -2.27. The number of thioether (sulfide) groups is 1. The van der Waals surface area contributed by atoms with Gasteiger partial charge in [-0.15, -0.1) is 16.4 Å². The summed E-state index contributed by atoms with van der Waals surface area (Å²) in [4.78, 5) is 13.9. The molecule has 1 aliphatic rings. The molecule has 3 aromatic rings. The second-order valence-electron chi connectivity index (χ2n) is 6.61.